The van der Waals surface area contributed by atoms with Gasteiger partial charge in [-0.15, -0.1) is 4.79 Å². The predicted octanol–water partition coefficient (Wildman–Crippen LogP) is 3.11. The molecule has 2 aromatic rings. The Hall–Kier alpha value is -3.56. The minimum absolute atomic E-state index is 0.0382. The maximum absolute atomic E-state index is 13.8. The summed E-state index contributed by atoms with van der Waals surface area (Å²) >= 11 is 0. The third-order valence-corrected chi connectivity index (χ3v) is 4.76. The highest BCUT2D eigenvalue weighted by atomic mass is 19.1. The molecular formula is C24H31FN4O5. The van der Waals surface area contributed by atoms with Crippen LogP contribution in [0.1, 0.15) is 63.2 Å². The van der Waals surface area contributed by atoms with E-state index >= 15 is 0 Å². The fourth-order valence-corrected chi connectivity index (χ4v) is 3.04. The number of Topliss-reactive ketones (excluding diaryl/α,β-unsaturated/α-hetero) is 1. The largest absolute Gasteiger partial charge is 0.496 e. The second-order valence-corrected chi connectivity index (χ2v) is 9.10. The second-order valence-electron chi connectivity index (χ2n) is 9.10. The van der Waals surface area contributed by atoms with E-state index in [9.17, 15) is 18.8 Å². The van der Waals surface area contributed by atoms with Crippen LogP contribution in [0.3, 0.4) is 0 Å². The molecule has 10 heteroatoms. The van der Waals surface area contributed by atoms with Gasteiger partial charge >= 0.3 is 0 Å². The molecule has 0 atom stereocenters. The van der Waals surface area contributed by atoms with Gasteiger partial charge in [0.05, 0.1) is 36.1 Å². The van der Waals surface area contributed by atoms with Crippen molar-refractivity contribution in [3.63, 3.8) is 0 Å². The second kappa shape index (κ2) is 10.6. The van der Waals surface area contributed by atoms with Crippen LogP contribution in [-0.4, -0.2) is 47.6 Å². The summed E-state index contributed by atoms with van der Waals surface area (Å²) in [4.78, 5) is 45.2. The number of halogens is 1. The molecule has 0 aliphatic carbocycles. The molecule has 0 N–H and O–H groups in total. The summed E-state index contributed by atoms with van der Waals surface area (Å²) in [5.41, 5.74) is -0.814. The van der Waals surface area contributed by atoms with Crippen molar-refractivity contribution in [2.24, 2.45) is 10.6 Å². The molecule has 1 heterocycles. The third-order valence-electron chi connectivity index (χ3n) is 4.76. The minimum Gasteiger partial charge on any atom is -0.496 e. The summed E-state index contributed by atoms with van der Waals surface area (Å²) in [6.45, 7) is 10.3. The fourth-order valence-electron chi connectivity index (χ4n) is 3.04. The van der Waals surface area contributed by atoms with Crippen molar-refractivity contribution < 1.29 is 23.6 Å². The average molecular weight is 475 g/mol. The quantitative estimate of drug-likeness (QED) is 0.331. The number of hydrogen-bond donors (Lipinski definition) is 0. The number of ether oxygens (including phenoxy) is 1. The van der Waals surface area contributed by atoms with Gasteiger partial charge in [0.25, 0.3) is 5.56 Å². The van der Waals surface area contributed by atoms with Gasteiger partial charge in [-0.05, 0) is 45.0 Å². The van der Waals surface area contributed by atoms with Gasteiger partial charge in [-0.25, -0.2) is 9.40 Å². The van der Waals surface area contributed by atoms with Crippen molar-refractivity contribution in [1.29, 1.82) is 0 Å². The number of rotatable bonds is 8. The molecule has 0 aliphatic rings. The first-order valence-electron chi connectivity index (χ1n) is 10.8. The molecular weight excluding hydrogens is 443 g/mol. The number of nitrogens with zero attached hydrogens (tertiary/aromatic N) is 4. The first-order chi connectivity index (χ1) is 15.8. The van der Waals surface area contributed by atoms with Gasteiger partial charge in [-0.2, -0.15) is 5.10 Å². The van der Waals surface area contributed by atoms with Crippen LogP contribution in [0, 0.1) is 11.2 Å². The maximum atomic E-state index is 13.8. The van der Waals surface area contributed by atoms with Crippen molar-refractivity contribution >= 4 is 17.4 Å². The topological polar surface area (TPSA) is 103 Å². The van der Waals surface area contributed by atoms with Crippen LogP contribution >= 0.6 is 0 Å². The Morgan fingerprint density at radius 2 is 1.85 bits per heavy atom. The van der Waals surface area contributed by atoms with Gasteiger partial charge in [-0.3, -0.25) is 14.4 Å². The zero-order valence-corrected chi connectivity index (χ0v) is 20.8. The van der Waals surface area contributed by atoms with Crippen molar-refractivity contribution in [3.8, 4) is 5.75 Å². The Kier molecular flexibility index (Phi) is 8.31. The number of carbonyl (C=O) groups is 2. The van der Waals surface area contributed by atoms with Gasteiger partial charge in [0.1, 0.15) is 17.7 Å². The molecule has 1 aromatic heterocycles. The lowest BCUT2D eigenvalue weighted by molar-refractivity contribution is -0.127. The molecule has 0 saturated carbocycles. The van der Waals surface area contributed by atoms with Gasteiger partial charge in [0, 0.05) is 12.5 Å². The Morgan fingerprint density at radius 3 is 2.41 bits per heavy atom. The first kappa shape index (κ1) is 26.7. The zero-order chi connectivity index (χ0) is 25.8. The number of aromatic nitrogens is 2. The van der Waals surface area contributed by atoms with Crippen LogP contribution in [0.25, 0.3) is 0 Å². The third kappa shape index (κ3) is 6.27. The molecule has 34 heavy (non-hydrogen) atoms. The standard InChI is InChI=1S/C24H31FN4O5/c1-14(2)34-27-15(3)18-12-17(13-20(30)19-11-16(25)9-10-21(19)33-8)26-29(22(18)31)28(7)23(32)24(4,5)6/h9-12,14H,13H2,1-8H3/b27-15+. The Morgan fingerprint density at radius 1 is 1.21 bits per heavy atom. The van der Waals surface area contributed by atoms with E-state index in [4.69, 9.17) is 9.57 Å². The molecule has 0 spiro atoms. The summed E-state index contributed by atoms with van der Waals surface area (Å²) in [5, 5.41) is 9.33. The summed E-state index contributed by atoms with van der Waals surface area (Å²) in [5.74, 6) is -1.22. The maximum Gasteiger partial charge on any atom is 0.295 e. The molecule has 9 nitrogen and oxygen atoms in total. The number of carbonyl (C=O) groups excluding carboxylic acids is 2. The fraction of sp³-hybridized carbons (Fsp3) is 0.458. The van der Waals surface area contributed by atoms with Crippen LogP contribution in [0.5, 0.6) is 5.75 Å². The lowest BCUT2D eigenvalue weighted by Gasteiger charge is -2.26. The lowest BCUT2D eigenvalue weighted by Crippen LogP contribution is -2.50. The van der Waals surface area contributed by atoms with E-state index in [2.05, 4.69) is 10.3 Å². The minimum atomic E-state index is -0.791. The molecule has 0 fully saturated rings. The van der Waals surface area contributed by atoms with Crippen LogP contribution in [0.4, 0.5) is 4.39 Å². The van der Waals surface area contributed by atoms with Crippen LogP contribution in [-0.2, 0) is 16.1 Å². The van der Waals surface area contributed by atoms with E-state index in [1.54, 1.807) is 41.5 Å². The predicted molar refractivity (Wildman–Crippen MR) is 127 cm³/mol. The average Bonchev–Trinajstić information content (AvgIpc) is 2.76. The molecule has 0 radical (unpaired) electrons. The molecule has 0 unspecified atom stereocenters. The number of methoxy groups -OCH3 is 1. The van der Waals surface area contributed by atoms with Crippen LogP contribution in [0.15, 0.2) is 34.2 Å². The van der Waals surface area contributed by atoms with Crippen molar-refractivity contribution in [2.45, 2.75) is 54.1 Å². The van der Waals surface area contributed by atoms with E-state index in [0.717, 1.165) is 15.9 Å². The van der Waals surface area contributed by atoms with Crippen LogP contribution < -0.4 is 15.3 Å². The van der Waals surface area contributed by atoms with Gasteiger partial charge in [0.15, 0.2) is 5.78 Å². The van der Waals surface area contributed by atoms with Crippen molar-refractivity contribution in [2.75, 3.05) is 19.2 Å². The number of ketones is 1. The van der Waals surface area contributed by atoms with E-state index in [-0.39, 0.29) is 46.7 Å². The van der Waals surface area contributed by atoms with Crippen molar-refractivity contribution in [1.82, 2.24) is 9.89 Å². The molecule has 0 aliphatic heterocycles. The summed E-state index contributed by atoms with van der Waals surface area (Å²) in [6, 6.07) is 5.04. The SMILES string of the molecule is COc1ccc(F)cc1C(=O)Cc1cc(/C(C)=N/OC(C)C)c(=O)n(N(C)C(=O)C(C)(C)C)n1. The first-order valence-corrected chi connectivity index (χ1v) is 10.8. The number of amides is 1. The highest BCUT2D eigenvalue weighted by molar-refractivity contribution is 6.01. The van der Waals surface area contributed by atoms with Gasteiger partial charge in [0.2, 0.25) is 5.91 Å². The lowest BCUT2D eigenvalue weighted by atomic mass is 9.95. The highest BCUT2D eigenvalue weighted by Gasteiger charge is 2.28. The zero-order valence-electron chi connectivity index (χ0n) is 20.8. The molecule has 184 valence electrons. The molecule has 0 bridgehead atoms. The van der Waals surface area contributed by atoms with Gasteiger partial charge in [-0.1, -0.05) is 25.9 Å². The van der Waals surface area contributed by atoms with E-state index in [1.165, 1.54) is 32.4 Å². The molecule has 2 rings (SSSR count). The monoisotopic (exact) mass is 474 g/mol. The van der Waals surface area contributed by atoms with E-state index in [0.29, 0.717) is 0 Å². The van der Waals surface area contributed by atoms with Crippen molar-refractivity contribution in [3.05, 3.63) is 57.3 Å². The Labute approximate surface area is 198 Å². The van der Waals surface area contributed by atoms with Gasteiger partial charge < -0.3 is 9.57 Å². The molecule has 1 amide bonds. The van der Waals surface area contributed by atoms with E-state index in [1.807, 2.05) is 0 Å². The number of oxime groups is 1. The molecule has 1 aromatic carbocycles. The number of benzene rings is 1. The normalized spacial score (nSPS) is 12.0. The smallest absolute Gasteiger partial charge is 0.295 e. The summed E-state index contributed by atoms with van der Waals surface area (Å²) < 4.78 is 19.0. The van der Waals surface area contributed by atoms with E-state index < -0.39 is 22.6 Å². The Balaban J connectivity index is 2.61. The summed E-state index contributed by atoms with van der Waals surface area (Å²) in [6.07, 6.45) is -0.492. The highest BCUT2D eigenvalue weighted by Crippen LogP contribution is 2.21. The number of hydrogen-bond acceptors (Lipinski definition) is 7. The molecule has 0 saturated heterocycles. The summed E-state index contributed by atoms with van der Waals surface area (Å²) in [7, 11) is 2.80. The van der Waals surface area contributed by atoms with Crippen LogP contribution in [0.2, 0.25) is 0 Å². The Bertz CT molecular complexity index is 1160.